The number of hydrogen-bond donors (Lipinski definition) is 1. The molecule has 1 atom stereocenters. The number of aliphatic imine (C=N–C) groups is 3. The summed E-state index contributed by atoms with van der Waals surface area (Å²) in [5.41, 5.74) is 0. The van der Waals surface area contributed by atoms with Crippen molar-refractivity contribution in [3.05, 3.63) is 0 Å². The summed E-state index contributed by atoms with van der Waals surface area (Å²) in [7, 11) is -3.52. The number of amides is 1. The maximum Gasteiger partial charge on any atom is 0.258 e. The molecule has 0 saturated carbocycles. The number of fused-ring (bicyclic) bond motifs is 1. The Kier molecular flexibility index (Phi) is 1.74. The first-order chi connectivity index (χ1) is 6.48. The van der Waals surface area contributed by atoms with Crippen LogP contribution in [0.15, 0.2) is 15.0 Å². The molecule has 0 aromatic carbocycles. The van der Waals surface area contributed by atoms with Crippen LogP contribution in [0.3, 0.4) is 0 Å². The van der Waals surface area contributed by atoms with Gasteiger partial charge < -0.3 is 0 Å². The lowest BCUT2D eigenvalue weighted by Crippen LogP contribution is -2.48. The number of amidine groups is 2. The Labute approximate surface area is 79.6 Å². The summed E-state index contributed by atoms with van der Waals surface area (Å²) in [5.74, 6) is -0.401. The quantitative estimate of drug-likeness (QED) is 0.521. The van der Waals surface area contributed by atoms with Gasteiger partial charge in [-0.25, -0.2) is 18.4 Å². The topological polar surface area (TPSA) is 100 Å². The van der Waals surface area contributed by atoms with Gasteiger partial charge in [0.05, 0.1) is 0 Å². The summed E-state index contributed by atoms with van der Waals surface area (Å²) >= 11 is 0. The molecule has 1 unspecified atom stereocenters. The van der Waals surface area contributed by atoms with Gasteiger partial charge in [-0.05, 0) is 0 Å². The minimum absolute atomic E-state index is 0.120. The van der Waals surface area contributed by atoms with Crippen LogP contribution in [0.1, 0.15) is 0 Å². The molecule has 0 spiro atoms. The largest absolute Gasteiger partial charge is 0.299 e. The fourth-order valence-electron chi connectivity index (χ4n) is 1.05. The average molecular weight is 214 g/mol. The molecule has 8 heteroatoms. The van der Waals surface area contributed by atoms with E-state index in [1.54, 1.807) is 0 Å². The number of carbonyl (C=O) groups excluding carboxylic acids is 1. The van der Waals surface area contributed by atoms with E-state index in [4.69, 9.17) is 0 Å². The summed E-state index contributed by atoms with van der Waals surface area (Å²) in [6.45, 7) is 0. The average Bonchev–Trinajstić information content (AvgIpc) is 2.50. The third-order valence-electron chi connectivity index (χ3n) is 1.70. The minimum Gasteiger partial charge on any atom is -0.299 e. The fourth-order valence-corrected chi connectivity index (χ4v) is 1.60. The van der Waals surface area contributed by atoms with E-state index in [0.29, 0.717) is 0 Å². The molecule has 1 amide bonds. The molecule has 2 aliphatic heterocycles. The van der Waals surface area contributed by atoms with E-state index in [9.17, 15) is 13.2 Å². The zero-order valence-corrected chi connectivity index (χ0v) is 7.95. The fraction of sp³-hybridized carbons (Fsp3) is 0.333. The van der Waals surface area contributed by atoms with Crippen LogP contribution in [0, 0.1) is 0 Å². The summed E-state index contributed by atoms with van der Waals surface area (Å²) < 4.78 is 22.2. The summed E-state index contributed by atoms with van der Waals surface area (Å²) in [5, 5.41) is 1.78. The Morgan fingerprint density at radius 3 is 2.86 bits per heavy atom. The van der Waals surface area contributed by atoms with Crippen LogP contribution >= 0.6 is 0 Å². The van der Waals surface area contributed by atoms with Crippen LogP contribution in [-0.4, -0.2) is 44.0 Å². The van der Waals surface area contributed by atoms with Gasteiger partial charge in [-0.2, -0.15) is 0 Å². The minimum atomic E-state index is -3.52. The van der Waals surface area contributed by atoms with Crippen molar-refractivity contribution in [3.63, 3.8) is 0 Å². The normalized spacial score (nSPS) is 25.2. The van der Waals surface area contributed by atoms with Gasteiger partial charge >= 0.3 is 0 Å². The SMILES string of the molecule is CS(=O)(=O)C1=NC2=NC=NC2C(=O)N1. The van der Waals surface area contributed by atoms with Gasteiger partial charge in [0.25, 0.3) is 5.91 Å². The van der Waals surface area contributed by atoms with Gasteiger partial charge in [0.1, 0.15) is 6.34 Å². The van der Waals surface area contributed by atoms with Crippen molar-refractivity contribution in [1.82, 2.24) is 5.32 Å². The molecule has 0 aromatic heterocycles. The van der Waals surface area contributed by atoms with Gasteiger partial charge in [-0.1, -0.05) is 0 Å². The van der Waals surface area contributed by atoms with E-state index in [0.717, 1.165) is 6.26 Å². The highest BCUT2D eigenvalue weighted by Crippen LogP contribution is 2.09. The lowest BCUT2D eigenvalue weighted by atomic mass is 10.2. The van der Waals surface area contributed by atoms with Crippen molar-refractivity contribution >= 4 is 33.1 Å². The van der Waals surface area contributed by atoms with Crippen molar-refractivity contribution in [2.45, 2.75) is 6.04 Å². The van der Waals surface area contributed by atoms with Gasteiger partial charge in [0, 0.05) is 6.26 Å². The molecule has 0 fully saturated rings. The Bertz CT molecular complexity index is 487. The maximum atomic E-state index is 11.3. The molecule has 2 rings (SSSR count). The zero-order valence-electron chi connectivity index (χ0n) is 7.13. The Morgan fingerprint density at radius 1 is 1.50 bits per heavy atom. The molecule has 14 heavy (non-hydrogen) atoms. The second kappa shape index (κ2) is 2.71. The molecule has 0 aromatic rings. The summed E-state index contributed by atoms with van der Waals surface area (Å²) in [6.07, 6.45) is 2.15. The predicted molar refractivity (Wildman–Crippen MR) is 50.1 cm³/mol. The highest BCUT2D eigenvalue weighted by molar-refractivity contribution is 8.05. The standard InChI is InChI=1S/C6H6N4O3S/c1-14(12,13)6-9-4-3(5(11)10-6)7-2-8-4/h2-3H,1H3,(H,7,8,9,10,11). The number of sulfone groups is 1. The lowest BCUT2D eigenvalue weighted by molar-refractivity contribution is -0.119. The molecule has 2 heterocycles. The van der Waals surface area contributed by atoms with Crippen LogP contribution in [0.5, 0.6) is 0 Å². The van der Waals surface area contributed by atoms with Gasteiger partial charge in [0.15, 0.2) is 11.9 Å². The molecule has 0 aliphatic carbocycles. The molecule has 74 valence electrons. The van der Waals surface area contributed by atoms with Crippen molar-refractivity contribution < 1.29 is 13.2 Å². The molecular weight excluding hydrogens is 208 g/mol. The lowest BCUT2D eigenvalue weighted by Gasteiger charge is -2.15. The monoisotopic (exact) mass is 214 g/mol. The van der Waals surface area contributed by atoms with E-state index in [2.05, 4.69) is 20.3 Å². The first-order valence-electron chi connectivity index (χ1n) is 3.67. The molecule has 0 bridgehead atoms. The van der Waals surface area contributed by atoms with E-state index in [1.165, 1.54) is 6.34 Å². The van der Waals surface area contributed by atoms with Crippen LogP contribution in [0.2, 0.25) is 0 Å². The van der Waals surface area contributed by atoms with Crippen molar-refractivity contribution in [1.29, 1.82) is 0 Å². The molecule has 0 saturated heterocycles. The maximum absolute atomic E-state index is 11.3. The van der Waals surface area contributed by atoms with E-state index >= 15 is 0 Å². The van der Waals surface area contributed by atoms with Crippen LogP contribution in [0.25, 0.3) is 0 Å². The van der Waals surface area contributed by atoms with Crippen molar-refractivity contribution in [2.75, 3.05) is 6.26 Å². The Balaban J connectivity index is 2.47. The summed E-state index contributed by atoms with van der Waals surface area (Å²) in [6, 6.07) is -0.791. The molecule has 2 aliphatic rings. The second-order valence-electron chi connectivity index (χ2n) is 2.83. The predicted octanol–water partition coefficient (Wildman–Crippen LogP) is -1.67. The van der Waals surface area contributed by atoms with Crippen LogP contribution < -0.4 is 5.32 Å². The molecule has 1 N–H and O–H groups in total. The van der Waals surface area contributed by atoms with E-state index in [1.807, 2.05) is 0 Å². The van der Waals surface area contributed by atoms with Crippen molar-refractivity contribution in [3.8, 4) is 0 Å². The van der Waals surface area contributed by atoms with Gasteiger partial charge in [-0.15, -0.1) is 0 Å². The van der Waals surface area contributed by atoms with Crippen LogP contribution in [-0.2, 0) is 14.6 Å². The molecule has 7 nitrogen and oxygen atoms in total. The Hall–Kier alpha value is -1.57. The Morgan fingerprint density at radius 2 is 2.21 bits per heavy atom. The number of hydrogen-bond acceptors (Lipinski definition) is 6. The molecular formula is C6H6N4O3S. The van der Waals surface area contributed by atoms with Gasteiger partial charge in [0.2, 0.25) is 15.0 Å². The molecule has 0 radical (unpaired) electrons. The van der Waals surface area contributed by atoms with E-state index in [-0.39, 0.29) is 11.0 Å². The number of nitrogens with one attached hydrogen (secondary N) is 1. The highest BCUT2D eigenvalue weighted by atomic mass is 32.2. The number of carbonyl (C=O) groups is 1. The third-order valence-corrected chi connectivity index (χ3v) is 2.59. The van der Waals surface area contributed by atoms with Crippen molar-refractivity contribution in [2.24, 2.45) is 15.0 Å². The van der Waals surface area contributed by atoms with Gasteiger partial charge in [-0.3, -0.25) is 15.1 Å². The highest BCUT2D eigenvalue weighted by Gasteiger charge is 2.34. The second-order valence-corrected chi connectivity index (χ2v) is 4.76. The summed E-state index contributed by atoms with van der Waals surface area (Å²) in [4.78, 5) is 22.4. The first kappa shape index (κ1) is 9.00. The van der Waals surface area contributed by atoms with Crippen LogP contribution in [0.4, 0.5) is 0 Å². The third kappa shape index (κ3) is 1.33. The first-order valence-corrected chi connectivity index (χ1v) is 5.56. The zero-order chi connectivity index (χ0) is 10.3. The number of nitrogens with zero attached hydrogens (tertiary/aromatic N) is 3. The van der Waals surface area contributed by atoms with E-state index < -0.39 is 21.8 Å². The number of rotatable bonds is 0. The smallest absolute Gasteiger partial charge is 0.258 e.